The first-order valence-corrected chi connectivity index (χ1v) is 11.2. The van der Waals surface area contributed by atoms with Crippen LogP contribution in [-0.2, 0) is 41.8 Å². The van der Waals surface area contributed by atoms with Gasteiger partial charge in [0.05, 0.1) is 12.7 Å². The second-order valence-corrected chi connectivity index (χ2v) is 7.12. The van der Waals surface area contributed by atoms with E-state index in [2.05, 4.69) is 16.6 Å². The number of aliphatic hydroxyl groups is 2. The highest BCUT2D eigenvalue weighted by atomic mass is 16.5. The molecule has 0 aliphatic heterocycles. The highest BCUT2D eigenvalue weighted by Crippen LogP contribution is 2.01. The quantitative estimate of drug-likeness (QED) is 0.196. The van der Waals surface area contributed by atoms with Crippen LogP contribution in [-0.4, -0.2) is 46.9 Å². The van der Waals surface area contributed by atoms with Crippen molar-refractivity contribution in [1.82, 2.24) is 0 Å². The molecule has 0 fully saturated rings. The number of carbonyl (C=O) groups excluding carboxylic acids is 3. The topological polar surface area (TPSA) is 119 Å². The van der Waals surface area contributed by atoms with Crippen LogP contribution in [0, 0.1) is 11.8 Å². The molecular formula is C28H34O8. The molecular weight excluding hydrogens is 464 g/mol. The third kappa shape index (κ3) is 20.7. The van der Waals surface area contributed by atoms with E-state index in [1.807, 2.05) is 60.7 Å². The fourth-order valence-corrected chi connectivity index (χ4v) is 2.12. The molecule has 0 bridgehead atoms. The van der Waals surface area contributed by atoms with Crippen LogP contribution in [0.1, 0.15) is 38.8 Å². The van der Waals surface area contributed by atoms with Crippen LogP contribution in [0.4, 0.5) is 0 Å². The van der Waals surface area contributed by atoms with E-state index in [0.29, 0.717) is 6.61 Å². The van der Waals surface area contributed by atoms with E-state index in [1.165, 1.54) is 26.0 Å². The van der Waals surface area contributed by atoms with Crippen LogP contribution >= 0.6 is 0 Å². The number of rotatable bonds is 7. The summed E-state index contributed by atoms with van der Waals surface area (Å²) in [6, 6.07) is 18.8. The molecule has 2 rings (SSSR count). The maximum absolute atomic E-state index is 11.1. The smallest absolute Gasteiger partial charge is 0.384 e. The van der Waals surface area contributed by atoms with Crippen LogP contribution < -0.4 is 0 Å². The molecule has 0 amide bonds. The number of hydrogen-bond acceptors (Lipinski definition) is 8. The first-order chi connectivity index (χ1) is 17.1. The predicted octanol–water partition coefficient (Wildman–Crippen LogP) is 3.35. The first-order valence-electron chi connectivity index (χ1n) is 11.2. The Morgan fingerprint density at radius 2 is 1.36 bits per heavy atom. The molecule has 2 atom stereocenters. The van der Waals surface area contributed by atoms with Gasteiger partial charge in [-0.2, -0.15) is 0 Å². The Kier molecular flexibility index (Phi) is 18.2. The van der Waals surface area contributed by atoms with Gasteiger partial charge in [0.2, 0.25) is 0 Å². The summed E-state index contributed by atoms with van der Waals surface area (Å²) in [5.74, 6) is 3.22. The van der Waals surface area contributed by atoms with Crippen LogP contribution in [0.25, 0.3) is 0 Å². The zero-order valence-electron chi connectivity index (χ0n) is 21.0. The minimum atomic E-state index is -0.811. The Labute approximate surface area is 212 Å². The van der Waals surface area contributed by atoms with Crippen molar-refractivity contribution in [3.05, 3.63) is 83.9 Å². The van der Waals surface area contributed by atoms with Crippen molar-refractivity contribution in [2.75, 3.05) is 6.61 Å². The molecule has 8 heteroatoms. The standard InChI is InChI=1S/C12H14O3.C12H12O3.C4H8O2/c2*1-10(13)7-8-12(14)15-9-11-5-3-2-4-6-11;1-3-6-4(2)5/h2-8,10,13H,9H2,1H3;2-6,10,13H,9H2,1H3;3H2,1-2H3/b8-7-;;/t2*10-;/m11./s1. The van der Waals surface area contributed by atoms with E-state index < -0.39 is 24.1 Å². The lowest BCUT2D eigenvalue weighted by molar-refractivity contribution is -0.140. The summed E-state index contributed by atoms with van der Waals surface area (Å²) in [4.78, 5) is 31.9. The van der Waals surface area contributed by atoms with Crippen molar-refractivity contribution in [3.8, 4) is 11.8 Å². The summed E-state index contributed by atoms with van der Waals surface area (Å²) < 4.78 is 14.2. The van der Waals surface area contributed by atoms with Crippen molar-refractivity contribution in [2.24, 2.45) is 0 Å². The van der Waals surface area contributed by atoms with E-state index in [4.69, 9.17) is 19.7 Å². The van der Waals surface area contributed by atoms with Gasteiger partial charge >= 0.3 is 17.9 Å². The lowest BCUT2D eigenvalue weighted by atomic mass is 10.2. The second-order valence-electron chi connectivity index (χ2n) is 7.12. The van der Waals surface area contributed by atoms with Crippen molar-refractivity contribution in [3.63, 3.8) is 0 Å². The molecule has 0 aromatic heterocycles. The summed E-state index contributed by atoms with van der Waals surface area (Å²) in [6.07, 6.45) is 1.17. The molecule has 194 valence electrons. The van der Waals surface area contributed by atoms with Crippen LogP contribution in [0.3, 0.4) is 0 Å². The Bertz CT molecular complexity index is 971. The maximum Gasteiger partial charge on any atom is 0.384 e. The lowest BCUT2D eigenvalue weighted by Crippen LogP contribution is -2.03. The largest absolute Gasteiger partial charge is 0.466 e. The molecule has 0 unspecified atom stereocenters. The summed E-state index contributed by atoms with van der Waals surface area (Å²) >= 11 is 0. The first kappa shape index (κ1) is 32.1. The minimum Gasteiger partial charge on any atom is -0.466 e. The normalized spacial score (nSPS) is 11.2. The Morgan fingerprint density at radius 3 is 1.75 bits per heavy atom. The number of aliphatic hydroxyl groups excluding tert-OH is 2. The van der Waals surface area contributed by atoms with Gasteiger partial charge in [-0.1, -0.05) is 66.6 Å². The highest BCUT2D eigenvalue weighted by Gasteiger charge is 1.99. The zero-order chi connectivity index (χ0) is 27.2. The third-order valence-electron chi connectivity index (χ3n) is 3.68. The SMILES string of the molecule is CCOC(C)=O.C[C@@H](O)/C=C\C(=O)OCc1ccccc1.C[C@@H](O)C#CC(=O)OCc1ccccc1. The fraction of sp³-hybridized carbons (Fsp3) is 0.321. The van der Waals surface area contributed by atoms with E-state index in [1.54, 1.807) is 13.8 Å². The Hall–Kier alpha value is -3.93. The van der Waals surface area contributed by atoms with Gasteiger partial charge in [-0.3, -0.25) is 4.79 Å². The summed E-state index contributed by atoms with van der Waals surface area (Å²) in [5, 5.41) is 17.7. The average Bonchev–Trinajstić information content (AvgIpc) is 2.85. The van der Waals surface area contributed by atoms with E-state index in [-0.39, 0.29) is 19.2 Å². The van der Waals surface area contributed by atoms with E-state index in [9.17, 15) is 14.4 Å². The molecule has 0 aliphatic carbocycles. The Balaban J connectivity index is 0.000000558. The molecule has 36 heavy (non-hydrogen) atoms. The molecule has 8 nitrogen and oxygen atoms in total. The van der Waals surface area contributed by atoms with Crippen LogP contribution in [0.5, 0.6) is 0 Å². The monoisotopic (exact) mass is 498 g/mol. The summed E-state index contributed by atoms with van der Waals surface area (Å²) in [5.41, 5.74) is 1.85. The van der Waals surface area contributed by atoms with E-state index in [0.717, 1.165) is 11.1 Å². The van der Waals surface area contributed by atoms with Crippen molar-refractivity contribution < 1.29 is 38.8 Å². The van der Waals surface area contributed by atoms with Crippen molar-refractivity contribution >= 4 is 17.9 Å². The van der Waals surface area contributed by atoms with Gasteiger partial charge in [0.1, 0.15) is 19.3 Å². The summed E-state index contributed by atoms with van der Waals surface area (Å²) in [7, 11) is 0. The predicted molar refractivity (Wildman–Crippen MR) is 135 cm³/mol. The third-order valence-corrected chi connectivity index (χ3v) is 3.68. The van der Waals surface area contributed by atoms with Crippen molar-refractivity contribution in [2.45, 2.75) is 53.1 Å². The molecule has 0 saturated heterocycles. The molecule has 0 heterocycles. The zero-order valence-corrected chi connectivity index (χ0v) is 21.0. The van der Waals surface area contributed by atoms with Gasteiger partial charge in [-0.25, -0.2) is 9.59 Å². The summed E-state index contributed by atoms with van der Waals surface area (Å²) in [6.45, 7) is 7.16. The van der Waals surface area contributed by atoms with Gasteiger partial charge in [0.15, 0.2) is 0 Å². The van der Waals surface area contributed by atoms with Crippen LogP contribution in [0.15, 0.2) is 72.8 Å². The minimum absolute atomic E-state index is 0.203. The number of benzene rings is 2. The van der Waals surface area contributed by atoms with Crippen LogP contribution in [0.2, 0.25) is 0 Å². The highest BCUT2D eigenvalue weighted by molar-refractivity contribution is 5.88. The second kappa shape index (κ2) is 20.4. The number of ether oxygens (including phenoxy) is 3. The van der Waals surface area contributed by atoms with Gasteiger partial charge in [-0.05, 0) is 38.0 Å². The average molecular weight is 499 g/mol. The number of hydrogen-bond donors (Lipinski definition) is 2. The Morgan fingerprint density at radius 1 is 0.861 bits per heavy atom. The lowest BCUT2D eigenvalue weighted by Gasteiger charge is -2.01. The van der Waals surface area contributed by atoms with Gasteiger partial charge in [0, 0.05) is 18.9 Å². The number of esters is 3. The maximum atomic E-state index is 11.1. The van der Waals surface area contributed by atoms with Gasteiger partial charge in [-0.15, -0.1) is 0 Å². The molecule has 2 aromatic rings. The molecule has 2 aromatic carbocycles. The van der Waals surface area contributed by atoms with Gasteiger partial charge < -0.3 is 24.4 Å². The molecule has 0 spiro atoms. The molecule has 0 aliphatic rings. The molecule has 0 radical (unpaired) electrons. The van der Waals surface area contributed by atoms with Crippen molar-refractivity contribution in [1.29, 1.82) is 0 Å². The fourth-order valence-electron chi connectivity index (χ4n) is 2.12. The molecule has 2 N–H and O–H groups in total. The van der Waals surface area contributed by atoms with E-state index >= 15 is 0 Å². The molecule has 0 saturated carbocycles. The number of carbonyl (C=O) groups is 3. The van der Waals surface area contributed by atoms with Gasteiger partial charge in [0.25, 0.3) is 0 Å².